The molecule has 2 aromatic rings. The standard InChI is InChI=1S/C17H18F6N4O3S/c1-10-4-5-12(11(2)6-10)26-30-31-27(3)13-14(28-7-16(18,19)20)24-9-25-15(13)29-8-17(21,22)23/h4-6,9,26H,7-8H2,1-3H3. The molecule has 31 heavy (non-hydrogen) atoms. The molecule has 0 amide bonds. The van der Waals surface area contributed by atoms with Crippen LogP contribution in [0.2, 0.25) is 0 Å². The second kappa shape index (κ2) is 10.1. The Kier molecular flexibility index (Phi) is 8.06. The summed E-state index contributed by atoms with van der Waals surface area (Å²) in [5.74, 6) is -1.26. The third kappa shape index (κ3) is 8.20. The van der Waals surface area contributed by atoms with Gasteiger partial charge in [-0.2, -0.15) is 40.6 Å². The summed E-state index contributed by atoms with van der Waals surface area (Å²) in [6.45, 7) is 0.302. The summed E-state index contributed by atoms with van der Waals surface area (Å²) in [4.78, 5) is 7.14. The van der Waals surface area contributed by atoms with Gasteiger partial charge in [-0.25, -0.2) is 0 Å². The van der Waals surface area contributed by atoms with Gasteiger partial charge in [0.15, 0.2) is 18.9 Å². The minimum Gasteiger partial charge on any atom is -0.466 e. The molecule has 0 fully saturated rings. The molecule has 2 rings (SSSR count). The summed E-state index contributed by atoms with van der Waals surface area (Å²) in [5, 5.41) is 0. The molecule has 14 heteroatoms. The molecule has 0 saturated heterocycles. The molecule has 7 nitrogen and oxygen atoms in total. The number of hydrogen-bond acceptors (Lipinski definition) is 8. The van der Waals surface area contributed by atoms with Crippen molar-refractivity contribution in [1.82, 2.24) is 9.97 Å². The maximum absolute atomic E-state index is 12.5. The van der Waals surface area contributed by atoms with Crippen LogP contribution in [-0.4, -0.2) is 42.6 Å². The van der Waals surface area contributed by atoms with Crippen LogP contribution in [0.1, 0.15) is 11.1 Å². The Morgan fingerprint density at radius 2 is 1.52 bits per heavy atom. The normalized spacial score (nSPS) is 11.9. The zero-order chi connectivity index (χ0) is 23.2. The highest BCUT2D eigenvalue weighted by Crippen LogP contribution is 2.38. The van der Waals surface area contributed by atoms with E-state index in [9.17, 15) is 26.3 Å². The zero-order valence-electron chi connectivity index (χ0n) is 16.5. The maximum Gasteiger partial charge on any atom is 0.422 e. The van der Waals surface area contributed by atoms with Crippen LogP contribution in [0.5, 0.6) is 11.8 Å². The number of aryl methyl sites for hydroxylation is 2. The van der Waals surface area contributed by atoms with Crippen molar-refractivity contribution in [3.8, 4) is 11.8 Å². The quantitative estimate of drug-likeness (QED) is 0.236. The van der Waals surface area contributed by atoms with Crippen LogP contribution >= 0.6 is 12.2 Å². The van der Waals surface area contributed by atoms with Gasteiger partial charge in [0, 0.05) is 7.05 Å². The number of nitrogens with one attached hydrogen (secondary N) is 1. The first-order chi connectivity index (χ1) is 14.4. The number of aromatic nitrogens is 2. The SMILES string of the molecule is Cc1ccc(NOSN(C)c2c(OCC(F)(F)F)ncnc2OCC(F)(F)F)c(C)c1. The van der Waals surface area contributed by atoms with Crippen LogP contribution in [0, 0.1) is 13.8 Å². The van der Waals surface area contributed by atoms with E-state index in [4.69, 9.17) is 4.28 Å². The number of hydrogen-bond donors (Lipinski definition) is 1. The van der Waals surface area contributed by atoms with Crippen LogP contribution in [0.4, 0.5) is 37.7 Å². The van der Waals surface area contributed by atoms with Gasteiger partial charge in [0.05, 0.1) is 5.69 Å². The lowest BCUT2D eigenvalue weighted by molar-refractivity contribution is -0.154. The first-order valence-electron chi connectivity index (χ1n) is 8.50. The summed E-state index contributed by atoms with van der Waals surface area (Å²) in [7, 11) is 1.30. The molecule has 1 N–H and O–H groups in total. The zero-order valence-corrected chi connectivity index (χ0v) is 17.3. The lowest BCUT2D eigenvalue weighted by atomic mass is 10.1. The van der Waals surface area contributed by atoms with Crippen LogP contribution in [0.3, 0.4) is 0 Å². The molecule has 0 atom stereocenters. The third-order valence-corrected chi connectivity index (χ3v) is 4.06. The summed E-state index contributed by atoms with van der Waals surface area (Å²) in [6.07, 6.45) is -8.65. The van der Waals surface area contributed by atoms with Crippen molar-refractivity contribution < 1.29 is 40.1 Å². The van der Waals surface area contributed by atoms with Crippen molar-refractivity contribution in [3.05, 3.63) is 35.7 Å². The minimum atomic E-state index is -4.69. The fourth-order valence-electron chi connectivity index (χ4n) is 2.21. The van der Waals surface area contributed by atoms with Crippen LogP contribution in [0.15, 0.2) is 24.5 Å². The molecule has 0 aliphatic heterocycles. The lowest BCUT2D eigenvalue weighted by Crippen LogP contribution is -2.23. The average molecular weight is 472 g/mol. The molecule has 0 aliphatic carbocycles. The Labute approximate surface area is 178 Å². The molecule has 0 unspecified atom stereocenters. The van der Waals surface area contributed by atoms with Gasteiger partial charge in [0.2, 0.25) is 11.8 Å². The van der Waals surface area contributed by atoms with Crippen molar-refractivity contribution >= 4 is 23.6 Å². The van der Waals surface area contributed by atoms with Crippen molar-refractivity contribution in [2.75, 3.05) is 30.0 Å². The Bertz CT molecular complexity index is 846. The summed E-state index contributed by atoms with van der Waals surface area (Å²) in [6, 6.07) is 5.45. The molecule has 1 aromatic carbocycles. The largest absolute Gasteiger partial charge is 0.466 e. The number of ether oxygens (including phenoxy) is 2. The summed E-state index contributed by atoms with van der Waals surface area (Å²) < 4.78 is 90.8. The van der Waals surface area contributed by atoms with Gasteiger partial charge in [-0.3, -0.25) is 9.79 Å². The fourth-order valence-corrected chi connectivity index (χ4v) is 2.68. The van der Waals surface area contributed by atoms with E-state index in [0.717, 1.165) is 21.8 Å². The molecule has 0 radical (unpaired) electrons. The Morgan fingerprint density at radius 3 is 2.00 bits per heavy atom. The molecule has 0 saturated carbocycles. The van der Waals surface area contributed by atoms with E-state index in [1.807, 2.05) is 26.0 Å². The van der Waals surface area contributed by atoms with Gasteiger partial charge in [-0.05, 0) is 25.5 Å². The Hall–Kier alpha value is -2.61. The van der Waals surface area contributed by atoms with E-state index in [0.29, 0.717) is 17.9 Å². The smallest absolute Gasteiger partial charge is 0.422 e. The van der Waals surface area contributed by atoms with Gasteiger partial charge in [0.1, 0.15) is 18.6 Å². The maximum atomic E-state index is 12.5. The van der Waals surface area contributed by atoms with Gasteiger partial charge in [-0.15, -0.1) is 0 Å². The van der Waals surface area contributed by atoms with E-state index in [1.54, 1.807) is 6.07 Å². The highest BCUT2D eigenvalue weighted by atomic mass is 32.2. The van der Waals surface area contributed by atoms with Gasteiger partial charge < -0.3 is 9.47 Å². The predicted molar refractivity (Wildman–Crippen MR) is 102 cm³/mol. The molecule has 172 valence electrons. The van der Waals surface area contributed by atoms with Gasteiger partial charge in [0.25, 0.3) is 0 Å². The van der Waals surface area contributed by atoms with Crippen LogP contribution < -0.4 is 19.3 Å². The number of rotatable bonds is 9. The van der Waals surface area contributed by atoms with E-state index in [-0.39, 0.29) is 5.69 Å². The topological polar surface area (TPSA) is 68.7 Å². The highest BCUT2D eigenvalue weighted by Gasteiger charge is 2.32. The Balaban J connectivity index is 2.18. The van der Waals surface area contributed by atoms with Gasteiger partial charge >= 0.3 is 12.4 Å². The minimum absolute atomic E-state index is 0.372. The van der Waals surface area contributed by atoms with Crippen molar-refractivity contribution in [2.24, 2.45) is 0 Å². The Morgan fingerprint density at radius 1 is 0.968 bits per heavy atom. The van der Waals surface area contributed by atoms with Crippen LogP contribution in [-0.2, 0) is 4.28 Å². The van der Waals surface area contributed by atoms with E-state index in [2.05, 4.69) is 24.9 Å². The van der Waals surface area contributed by atoms with Crippen LogP contribution in [0.25, 0.3) is 0 Å². The van der Waals surface area contributed by atoms with E-state index in [1.165, 1.54) is 7.05 Å². The number of nitrogens with zero attached hydrogens (tertiary/aromatic N) is 3. The molecule has 0 bridgehead atoms. The number of benzene rings is 1. The highest BCUT2D eigenvalue weighted by molar-refractivity contribution is 7.96. The van der Waals surface area contributed by atoms with E-state index < -0.39 is 37.3 Å². The lowest BCUT2D eigenvalue weighted by Gasteiger charge is -2.22. The van der Waals surface area contributed by atoms with Crippen molar-refractivity contribution in [2.45, 2.75) is 26.2 Å². The average Bonchev–Trinajstić information content (AvgIpc) is 2.65. The number of halogens is 6. The summed E-state index contributed by atoms with van der Waals surface area (Å²) >= 11 is 0.552. The second-order valence-electron chi connectivity index (χ2n) is 6.22. The molecule has 1 aromatic heterocycles. The molecule has 1 heterocycles. The van der Waals surface area contributed by atoms with E-state index >= 15 is 0 Å². The molecular formula is C17H18F6N4O3S. The second-order valence-corrected chi connectivity index (χ2v) is 7.08. The fraction of sp³-hybridized carbons (Fsp3) is 0.412. The first kappa shape index (κ1) is 24.7. The molecule has 0 aliphatic rings. The third-order valence-electron chi connectivity index (χ3n) is 3.50. The monoisotopic (exact) mass is 472 g/mol. The summed E-state index contributed by atoms with van der Waals surface area (Å²) in [5.41, 5.74) is 4.75. The first-order valence-corrected chi connectivity index (χ1v) is 9.20. The van der Waals surface area contributed by atoms with Gasteiger partial charge in [-0.1, -0.05) is 17.7 Å². The van der Waals surface area contributed by atoms with Crippen molar-refractivity contribution in [3.63, 3.8) is 0 Å². The predicted octanol–water partition coefficient (Wildman–Crippen LogP) is 5.02. The van der Waals surface area contributed by atoms with Crippen molar-refractivity contribution in [1.29, 1.82) is 0 Å². The molecular weight excluding hydrogens is 454 g/mol. The number of alkyl halides is 6. The molecule has 0 spiro atoms. The number of anilines is 2.